The van der Waals surface area contributed by atoms with Gasteiger partial charge in [-0.2, -0.15) is 0 Å². The molecule has 0 fully saturated rings. The number of carbonyl (C=O) groups is 1. The highest BCUT2D eigenvalue weighted by Gasteiger charge is 2.27. The monoisotopic (exact) mass is 323 g/mol. The number of benzene rings is 2. The number of aromatic nitrogens is 4. The molecular formula is C17H14FN5O. The van der Waals surface area contributed by atoms with Gasteiger partial charge >= 0.3 is 0 Å². The van der Waals surface area contributed by atoms with Crippen molar-refractivity contribution in [2.24, 2.45) is 0 Å². The van der Waals surface area contributed by atoms with Gasteiger partial charge < -0.3 is 4.90 Å². The first-order chi connectivity index (χ1) is 11.6. The molecule has 7 heteroatoms. The van der Waals surface area contributed by atoms with E-state index in [4.69, 9.17) is 0 Å². The van der Waals surface area contributed by atoms with Crippen LogP contribution in [0.25, 0.3) is 5.69 Å². The van der Waals surface area contributed by atoms with Crippen molar-refractivity contribution < 1.29 is 9.18 Å². The molecule has 6 nitrogen and oxygen atoms in total. The molecule has 0 bridgehead atoms. The molecule has 0 radical (unpaired) electrons. The molecule has 1 aromatic heterocycles. The maximum atomic E-state index is 13.8. The fraction of sp³-hybridized carbons (Fsp3) is 0.176. The minimum Gasteiger partial charge on any atom is -0.308 e. The van der Waals surface area contributed by atoms with Crippen LogP contribution in [0.1, 0.15) is 21.5 Å². The van der Waals surface area contributed by atoms with Crippen LogP contribution in [0.15, 0.2) is 42.7 Å². The molecule has 0 N–H and O–H groups in total. The van der Waals surface area contributed by atoms with E-state index in [1.54, 1.807) is 33.8 Å². The Morgan fingerprint density at radius 2 is 2.08 bits per heavy atom. The topological polar surface area (TPSA) is 63.9 Å². The molecule has 0 spiro atoms. The summed E-state index contributed by atoms with van der Waals surface area (Å²) in [6, 6.07) is 10.2. The van der Waals surface area contributed by atoms with Crippen molar-refractivity contribution in [1.29, 1.82) is 0 Å². The number of hydrogen-bond acceptors (Lipinski definition) is 4. The highest BCUT2D eigenvalue weighted by atomic mass is 19.1. The number of amides is 1. The predicted octanol–water partition coefficient (Wildman–Crippen LogP) is 2.31. The van der Waals surface area contributed by atoms with E-state index < -0.39 is 0 Å². The van der Waals surface area contributed by atoms with Crippen LogP contribution in [0.2, 0.25) is 0 Å². The van der Waals surface area contributed by atoms with E-state index in [0.717, 1.165) is 11.3 Å². The van der Waals surface area contributed by atoms with Gasteiger partial charge in [0.25, 0.3) is 5.91 Å². The summed E-state index contributed by atoms with van der Waals surface area (Å²) >= 11 is 0. The molecule has 0 atom stereocenters. The van der Waals surface area contributed by atoms with Gasteiger partial charge in [0.15, 0.2) is 0 Å². The van der Waals surface area contributed by atoms with Gasteiger partial charge in [-0.05, 0) is 59.7 Å². The second kappa shape index (κ2) is 5.52. The fourth-order valence-electron chi connectivity index (χ4n) is 3.08. The van der Waals surface area contributed by atoms with Crippen LogP contribution in [0.4, 0.5) is 10.1 Å². The molecule has 3 aromatic rings. The van der Waals surface area contributed by atoms with Crippen LogP contribution in [0.3, 0.4) is 0 Å². The predicted molar refractivity (Wildman–Crippen MR) is 85.7 cm³/mol. The second-order valence-corrected chi connectivity index (χ2v) is 5.70. The van der Waals surface area contributed by atoms with E-state index >= 15 is 0 Å². The Labute approximate surface area is 137 Å². The van der Waals surface area contributed by atoms with Crippen LogP contribution >= 0.6 is 0 Å². The number of anilines is 1. The van der Waals surface area contributed by atoms with Crippen molar-refractivity contribution in [3.8, 4) is 5.69 Å². The Balaban J connectivity index is 1.67. The number of hydrogen-bond donors (Lipinski definition) is 0. The summed E-state index contributed by atoms with van der Waals surface area (Å²) in [6.07, 6.45) is 2.04. The molecular weight excluding hydrogens is 309 g/mol. The van der Waals surface area contributed by atoms with E-state index in [1.807, 2.05) is 13.0 Å². The summed E-state index contributed by atoms with van der Waals surface area (Å²) in [5.41, 5.74) is 3.51. The normalized spacial score (nSPS) is 13.2. The van der Waals surface area contributed by atoms with Crippen LogP contribution in [-0.2, 0) is 6.42 Å². The largest absolute Gasteiger partial charge is 0.308 e. The summed E-state index contributed by atoms with van der Waals surface area (Å²) in [4.78, 5) is 14.5. The van der Waals surface area contributed by atoms with E-state index in [-0.39, 0.29) is 11.7 Å². The van der Waals surface area contributed by atoms with E-state index in [1.165, 1.54) is 12.4 Å². The maximum Gasteiger partial charge on any atom is 0.258 e. The smallest absolute Gasteiger partial charge is 0.258 e. The zero-order valence-electron chi connectivity index (χ0n) is 13.0. The molecule has 24 heavy (non-hydrogen) atoms. The third kappa shape index (κ3) is 2.25. The molecule has 1 aliphatic rings. The van der Waals surface area contributed by atoms with Crippen molar-refractivity contribution in [1.82, 2.24) is 20.2 Å². The molecule has 2 heterocycles. The first-order valence-electron chi connectivity index (χ1n) is 7.58. The molecule has 0 unspecified atom stereocenters. The number of nitrogens with zero attached hydrogens (tertiary/aromatic N) is 5. The Morgan fingerprint density at radius 3 is 2.83 bits per heavy atom. The van der Waals surface area contributed by atoms with Gasteiger partial charge in [-0.3, -0.25) is 4.79 Å². The van der Waals surface area contributed by atoms with Gasteiger partial charge in [-0.1, -0.05) is 6.07 Å². The molecule has 0 saturated carbocycles. The highest BCUT2D eigenvalue weighted by molar-refractivity contribution is 6.07. The van der Waals surface area contributed by atoms with Crippen LogP contribution in [0.5, 0.6) is 0 Å². The Hall–Kier alpha value is -3.09. The van der Waals surface area contributed by atoms with Gasteiger partial charge in [-0.25, -0.2) is 9.07 Å². The first kappa shape index (κ1) is 14.5. The van der Waals surface area contributed by atoms with E-state index in [9.17, 15) is 9.18 Å². The lowest BCUT2D eigenvalue weighted by atomic mass is 10.1. The van der Waals surface area contributed by atoms with Crippen LogP contribution < -0.4 is 4.90 Å². The van der Waals surface area contributed by atoms with Crippen molar-refractivity contribution in [3.05, 3.63) is 65.2 Å². The average molecular weight is 323 g/mol. The SMILES string of the molecule is Cc1cc(C(=O)N2CCc3c(F)cccc32)ccc1-n1cnnn1. The first-order valence-corrected chi connectivity index (χ1v) is 7.58. The summed E-state index contributed by atoms with van der Waals surface area (Å²) in [6.45, 7) is 2.38. The standard InChI is InChI=1S/C17H14FN5O/c1-11-9-12(5-6-15(11)23-10-19-20-21-23)17(24)22-8-7-13-14(18)3-2-4-16(13)22/h2-6,9-10H,7-8H2,1H3. The number of rotatable bonds is 2. The lowest BCUT2D eigenvalue weighted by Crippen LogP contribution is -2.29. The lowest BCUT2D eigenvalue weighted by molar-refractivity contribution is 0.0989. The van der Waals surface area contributed by atoms with Gasteiger partial charge in [0, 0.05) is 17.7 Å². The summed E-state index contributed by atoms with van der Waals surface area (Å²) in [7, 11) is 0. The van der Waals surface area contributed by atoms with Crippen LogP contribution in [-0.4, -0.2) is 32.7 Å². The third-order valence-corrected chi connectivity index (χ3v) is 4.26. The average Bonchev–Trinajstić information content (AvgIpc) is 3.24. The second-order valence-electron chi connectivity index (χ2n) is 5.70. The molecule has 1 amide bonds. The number of carbonyl (C=O) groups excluding carboxylic acids is 1. The summed E-state index contributed by atoms with van der Waals surface area (Å²) < 4.78 is 15.4. The van der Waals surface area contributed by atoms with Gasteiger partial charge in [-0.15, -0.1) is 5.10 Å². The van der Waals surface area contributed by atoms with Gasteiger partial charge in [0.2, 0.25) is 0 Å². The fourth-order valence-corrected chi connectivity index (χ4v) is 3.08. The Morgan fingerprint density at radius 1 is 1.21 bits per heavy atom. The maximum absolute atomic E-state index is 13.8. The zero-order valence-corrected chi connectivity index (χ0v) is 13.0. The highest BCUT2D eigenvalue weighted by Crippen LogP contribution is 2.31. The lowest BCUT2D eigenvalue weighted by Gasteiger charge is -2.18. The molecule has 2 aromatic carbocycles. The number of fused-ring (bicyclic) bond motifs is 1. The minimum absolute atomic E-state index is 0.134. The van der Waals surface area contributed by atoms with Crippen LogP contribution in [0, 0.1) is 12.7 Å². The van der Waals surface area contributed by atoms with Gasteiger partial charge in [0.05, 0.1) is 11.4 Å². The molecule has 120 valence electrons. The van der Waals surface area contributed by atoms with Crippen molar-refractivity contribution in [2.45, 2.75) is 13.3 Å². The molecule has 1 aliphatic heterocycles. The Kier molecular flexibility index (Phi) is 3.34. The summed E-state index contributed by atoms with van der Waals surface area (Å²) in [5.74, 6) is -0.390. The van der Waals surface area contributed by atoms with Crippen molar-refractivity contribution in [3.63, 3.8) is 0 Å². The van der Waals surface area contributed by atoms with E-state index in [2.05, 4.69) is 15.5 Å². The molecule has 4 rings (SSSR count). The number of halogens is 1. The minimum atomic E-state index is -0.256. The van der Waals surface area contributed by atoms with Crippen molar-refractivity contribution >= 4 is 11.6 Å². The molecule has 0 aliphatic carbocycles. The summed E-state index contributed by atoms with van der Waals surface area (Å²) in [5, 5.41) is 11.1. The van der Waals surface area contributed by atoms with Gasteiger partial charge in [0.1, 0.15) is 12.1 Å². The zero-order chi connectivity index (χ0) is 16.7. The number of tetrazole rings is 1. The van der Waals surface area contributed by atoms with E-state index in [0.29, 0.717) is 29.8 Å². The third-order valence-electron chi connectivity index (χ3n) is 4.26. The quantitative estimate of drug-likeness (QED) is 0.726. The Bertz CT molecular complexity index is 923. The molecule has 0 saturated heterocycles. The number of aryl methyl sites for hydroxylation is 1. The van der Waals surface area contributed by atoms with Crippen molar-refractivity contribution in [2.75, 3.05) is 11.4 Å².